The molecule has 0 saturated heterocycles. The lowest BCUT2D eigenvalue weighted by Crippen LogP contribution is -2.11. The van der Waals surface area contributed by atoms with Crippen molar-refractivity contribution in [2.24, 2.45) is 5.73 Å². The summed E-state index contributed by atoms with van der Waals surface area (Å²) in [6.45, 7) is 0. The van der Waals surface area contributed by atoms with Gasteiger partial charge in [-0.05, 0) is 24.3 Å². The lowest BCUT2D eigenvalue weighted by molar-refractivity contribution is -0.137. The maximum Gasteiger partial charge on any atom is 0.417 e. The number of carbonyl (C=O) groups excluding carboxylic acids is 1. The van der Waals surface area contributed by atoms with Crippen molar-refractivity contribution in [3.8, 4) is 6.07 Å². The number of aromatic nitrogens is 1. The first-order chi connectivity index (χ1) is 10.7. The van der Waals surface area contributed by atoms with Crippen LogP contribution in [0.4, 0.5) is 13.2 Å². The number of carbonyl (C=O) groups is 1. The Morgan fingerprint density at radius 2 is 2.04 bits per heavy atom. The highest BCUT2D eigenvalue weighted by Crippen LogP contribution is 2.37. The Morgan fingerprint density at radius 3 is 2.57 bits per heavy atom. The van der Waals surface area contributed by atoms with E-state index in [1.54, 1.807) is 0 Å². The van der Waals surface area contributed by atoms with Crippen LogP contribution in [0.2, 0.25) is 5.02 Å². The number of nitrogens with zero attached hydrogens (tertiary/aromatic N) is 2. The minimum Gasteiger partial charge on any atom is -0.366 e. The van der Waals surface area contributed by atoms with Gasteiger partial charge >= 0.3 is 6.18 Å². The maximum absolute atomic E-state index is 12.9. The lowest BCUT2D eigenvalue weighted by Gasteiger charge is -2.11. The SMILES string of the molecule is N#Cc1ccc(Sc2ncc(C(N)=O)cc2Cl)cc1C(F)(F)F. The number of amides is 1. The van der Waals surface area contributed by atoms with E-state index in [1.807, 2.05) is 0 Å². The molecule has 0 aliphatic heterocycles. The molecule has 0 spiro atoms. The van der Waals surface area contributed by atoms with Gasteiger partial charge in [0, 0.05) is 11.1 Å². The number of benzene rings is 1. The van der Waals surface area contributed by atoms with Gasteiger partial charge in [-0.25, -0.2) is 4.98 Å². The summed E-state index contributed by atoms with van der Waals surface area (Å²) in [7, 11) is 0. The van der Waals surface area contributed by atoms with E-state index in [1.165, 1.54) is 24.4 Å². The van der Waals surface area contributed by atoms with Crippen LogP contribution in [0.15, 0.2) is 40.4 Å². The third-order valence-electron chi connectivity index (χ3n) is 2.72. The zero-order valence-electron chi connectivity index (χ0n) is 11.2. The zero-order valence-corrected chi connectivity index (χ0v) is 12.8. The van der Waals surface area contributed by atoms with E-state index in [-0.39, 0.29) is 20.5 Å². The maximum atomic E-state index is 12.9. The van der Waals surface area contributed by atoms with Crippen molar-refractivity contribution in [2.75, 3.05) is 0 Å². The molecule has 0 atom stereocenters. The molecule has 0 saturated carbocycles. The van der Waals surface area contributed by atoms with Crippen molar-refractivity contribution in [1.29, 1.82) is 5.26 Å². The molecule has 1 aromatic carbocycles. The summed E-state index contributed by atoms with van der Waals surface area (Å²) in [6.07, 6.45) is -3.46. The quantitative estimate of drug-likeness (QED) is 0.904. The first-order valence-electron chi connectivity index (χ1n) is 5.97. The van der Waals surface area contributed by atoms with Crippen molar-refractivity contribution in [3.63, 3.8) is 0 Å². The number of primary amides is 1. The first kappa shape index (κ1) is 17.1. The normalized spacial score (nSPS) is 11.1. The summed E-state index contributed by atoms with van der Waals surface area (Å²) in [6, 6.07) is 6.08. The number of hydrogen-bond donors (Lipinski definition) is 1. The molecule has 23 heavy (non-hydrogen) atoms. The van der Waals surface area contributed by atoms with E-state index in [2.05, 4.69) is 4.98 Å². The smallest absolute Gasteiger partial charge is 0.366 e. The van der Waals surface area contributed by atoms with E-state index in [4.69, 9.17) is 22.6 Å². The van der Waals surface area contributed by atoms with E-state index in [9.17, 15) is 18.0 Å². The summed E-state index contributed by atoms with van der Waals surface area (Å²) in [5.74, 6) is -0.714. The van der Waals surface area contributed by atoms with Crippen molar-refractivity contribution in [2.45, 2.75) is 16.1 Å². The second-order valence-corrected chi connectivity index (χ2v) is 5.76. The Hall–Kier alpha value is -2.24. The summed E-state index contributed by atoms with van der Waals surface area (Å²) in [5.41, 5.74) is 3.68. The average molecular weight is 358 g/mol. The molecule has 2 N–H and O–H groups in total. The molecule has 1 heterocycles. The third kappa shape index (κ3) is 3.94. The fourth-order valence-corrected chi connectivity index (χ4v) is 2.75. The molecule has 2 rings (SSSR count). The topological polar surface area (TPSA) is 79.8 Å². The molecular formula is C14H7ClF3N3OS. The zero-order chi connectivity index (χ0) is 17.2. The summed E-state index contributed by atoms with van der Waals surface area (Å²) < 4.78 is 38.8. The van der Waals surface area contributed by atoms with E-state index in [0.717, 1.165) is 23.9 Å². The van der Waals surface area contributed by atoms with Gasteiger partial charge in [0.05, 0.1) is 27.8 Å². The van der Waals surface area contributed by atoms with Crippen molar-refractivity contribution in [1.82, 2.24) is 4.98 Å². The summed E-state index contributed by atoms with van der Waals surface area (Å²) in [4.78, 5) is 15.1. The summed E-state index contributed by atoms with van der Waals surface area (Å²) >= 11 is 6.83. The van der Waals surface area contributed by atoms with Gasteiger partial charge in [-0.3, -0.25) is 4.79 Å². The van der Waals surface area contributed by atoms with E-state index < -0.39 is 23.2 Å². The third-order valence-corrected chi connectivity index (χ3v) is 4.13. The number of rotatable bonds is 3. The van der Waals surface area contributed by atoms with Crippen LogP contribution in [-0.2, 0) is 6.18 Å². The standard InChI is InChI=1S/C14H7ClF3N3OS/c15-11-3-8(12(20)22)6-21-13(11)23-9-2-1-7(5-19)10(4-9)14(16,17)18/h1-4,6H,(H2,20,22). The van der Waals surface area contributed by atoms with E-state index in [0.29, 0.717) is 0 Å². The number of alkyl halides is 3. The fraction of sp³-hybridized carbons (Fsp3) is 0.0714. The number of nitriles is 1. The molecule has 0 aliphatic rings. The highest BCUT2D eigenvalue weighted by molar-refractivity contribution is 7.99. The first-order valence-corrected chi connectivity index (χ1v) is 7.16. The Bertz CT molecular complexity index is 818. The van der Waals surface area contributed by atoms with E-state index >= 15 is 0 Å². The van der Waals surface area contributed by atoms with Gasteiger partial charge in [0.15, 0.2) is 0 Å². The minimum absolute atomic E-state index is 0.0872. The fourth-order valence-electron chi connectivity index (χ4n) is 1.67. The molecule has 118 valence electrons. The predicted octanol–water partition coefficient (Wildman–Crippen LogP) is 3.88. The number of hydrogen-bond acceptors (Lipinski definition) is 4. The largest absolute Gasteiger partial charge is 0.417 e. The molecule has 0 radical (unpaired) electrons. The van der Waals surface area contributed by atoms with Crippen LogP contribution in [0.25, 0.3) is 0 Å². The number of pyridine rings is 1. The van der Waals surface area contributed by atoms with Gasteiger partial charge in [-0.2, -0.15) is 18.4 Å². The monoisotopic (exact) mass is 357 g/mol. The molecule has 1 aromatic heterocycles. The van der Waals surface area contributed by atoms with Gasteiger partial charge in [0.2, 0.25) is 5.91 Å². The molecule has 1 amide bonds. The van der Waals surface area contributed by atoms with Crippen LogP contribution in [0.3, 0.4) is 0 Å². The Kier molecular flexibility index (Phi) is 4.82. The Balaban J connectivity index is 2.38. The molecule has 0 aliphatic carbocycles. The van der Waals surface area contributed by atoms with Crippen molar-refractivity contribution < 1.29 is 18.0 Å². The van der Waals surface area contributed by atoms with Crippen LogP contribution < -0.4 is 5.73 Å². The van der Waals surface area contributed by atoms with Crippen molar-refractivity contribution in [3.05, 3.63) is 52.2 Å². The van der Waals surface area contributed by atoms with Gasteiger partial charge < -0.3 is 5.73 Å². The van der Waals surface area contributed by atoms with Crippen molar-refractivity contribution >= 4 is 29.3 Å². The van der Waals surface area contributed by atoms with Gasteiger partial charge in [0.1, 0.15) is 5.03 Å². The van der Waals surface area contributed by atoms with Crippen LogP contribution in [-0.4, -0.2) is 10.9 Å². The Morgan fingerprint density at radius 1 is 1.35 bits per heavy atom. The molecule has 9 heteroatoms. The second kappa shape index (κ2) is 6.48. The molecule has 4 nitrogen and oxygen atoms in total. The second-order valence-electron chi connectivity index (χ2n) is 4.29. The molecule has 0 unspecified atom stereocenters. The van der Waals surface area contributed by atoms with Crippen LogP contribution in [0, 0.1) is 11.3 Å². The number of nitrogens with two attached hydrogens (primary N) is 1. The van der Waals surface area contributed by atoms with Crippen LogP contribution in [0.5, 0.6) is 0 Å². The molecule has 0 fully saturated rings. The minimum atomic E-state index is -4.64. The highest BCUT2D eigenvalue weighted by atomic mass is 35.5. The lowest BCUT2D eigenvalue weighted by atomic mass is 10.1. The Labute approximate surface area is 138 Å². The molecular weight excluding hydrogens is 351 g/mol. The highest BCUT2D eigenvalue weighted by Gasteiger charge is 2.34. The van der Waals surface area contributed by atoms with Gasteiger partial charge in [-0.1, -0.05) is 23.4 Å². The molecule has 0 bridgehead atoms. The van der Waals surface area contributed by atoms with Gasteiger partial charge in [0.25, 0.3) is 0 Å². The average Bonchev–Trinajstić information content (AvgIpc) is 2.48. The molecule has 2 aromatic rings. The van der Waals surface area contributed by atoms with Crippen LogP contribution >= 0.6 is 23.4 Å². The summed E-state index contributed by atoms with van der Waals surface area (Å²) in [5, 5.41) is 9.06. The predicted molar refractivity (Wildman–Crippen MR) is 78.0 cm³/mol. The van der Waals surface area contributed by atoms with Gasteiger partial charge in [-0.15, -0.1) is 0 Å². The van der Waals surface area contributed by atoms with Crippen LogP contribution in [0.1, 0.15) is 21.5 Å². The number of halogens is 4.